The van der Waals surface area contributed by atoms with E-state index in [1.165, 1.54) is 22.3 Å². The number of benzene rings is 2. The predicted octanol–water partition coefficient (Wildman–Crippen LogP) is 2.74. The predicted molar refractivity (Wildman–Crippen MR) is 65.4 cm³/mol. The van der Waals surface area contributed by atoms with Crippen molar-refractivity contribution in [2.45, 2.75) is 12.8 Å². The smallest absolute Gasteiger partial charge is 0.115 e. The van der Waals surface area contributed by atoms with Crippen LogP contribution in [0.5, 0.6) is 5.75 Å². The topological polar surface area (TPSA) is 46.2 Å². The fourth-order valence-corrected chi connectivity index (χ4v) is 2.40. The Kier molecular flexibility index (Phi) is 1.90. The summed E-state index contributed by atoms with van der Waals surface area (Å²) in [4.78, 5) is 0. The van der Waals surface area contributed by atoms with Gasteiger partial charge in [0, 0.05) is 5.69 Å². The summed E-state index contributed by atoms with van der Waals surface area (Å²) in [6.07, 6.45) is 1.97. The van der Waals surface area contributed by atoms with Gasteiger partial charge in [0.25, 0.3) is 0 Å². The van der Waals surface area contributed by atoms with Crippen LogP contribution in [0.4, 0.5) is 5.69 Å². The summed E-state index contributed by atoms with van der Waals surface area (Å²) < 4.78 is 0. The molecule has 0 heterocycles. The highest BCUT2D eigenvalue weighted by Crippen LogP contribution is 2.35. The molecule has 0 saturated heterocycles. The van der Waals surface area contributed by atoms with E-state index in [0.29, 0.717) is 5.75 Å². The van der Waals surface area contributed by atoms with Crippen LogP contribution in [-0.4, -0.2) is 5.11 Å². The molecule has 80 valence electrons. The van der Waals surface area contributed by atoms with Gasteiger partial charge in [-0.2, -0.15) is 0 Å². The Morgan fingerprint density at radius 2 is 1.50 bits per heavy atom. The van der Waals surface area contributed by atoms with E-state index < -0.39 is 0 Å². The van der Waals surface area contributed by atoms with Gasteiger partial charge < -0.3 is 10.8 Å². The molecule has 0 spiro atoms. The van der Waals surface area contributed by atoms with Gasteiger partial charge in [-0.3, -0.25) is 0 Å². The van der Waals surface area contributed by atoms with E-state index in [0.717, 1.165) is 18.5 Å². The van der Waals surface area contributed by atoms with Gasteiger partial charge in [0.1, 0.15) is 5.75 Å². The summed E-state index contributed by atoms with van der Waals surface area (Å²) in [6.45, 7) is 0. The Bertz CT molecular complexity index is 509. The Balaban J connectivity index is 2.23. The van der Waals surface area contributed by atoms with Crippen molar-refractivity contribution in [2.75, 3.05) is 5.73 Å². The molecule has 0 fully saturated rings. The Hall–Kier alpha value is -1.96. The van der Waals surface area contributed by atoms with Gasteiger partial charge in [0.2, 0.25) is 0 Å². The van der Waals surface area contributed by atoms with Gasteiger partial charge in [0.15, 0.2) is 0 Å². The molecule has 0 aromatic heterocycles. The number of rotatable bonds is 0. The van der Waals surface area contributed by atoms with Crippen molar-refractivity contribution < 1.29 is 5.11 Å². The summed E-state index contributed by atoms with van der Waals surface area (Å²) in [5.74, 6) is 0.345. The summed E-state index contributed by atoms with van der Waals surface area (Å²) in [5, 5.41) is 9.46. The maximum absolute atomic E-state index is 9.46. The minimum atomic E-state index is 0.345. The number of hydrogen-bond acceptors (Lipinski definition) is 2. The average molecular weight is 211 g/mol. The van der Waals surface area contributed by atoms with E-state index in [2.05, 4.69) is 6.07 Å². The third-order valence-corrected chi connectivity index (χ3v) is 3.17. The molecule has 1 aliphatic carbocycles. The maximum atomic E-state index is 9.46. The van der Waals surface area contributed by atoms with Crippen molar-refractivity contribution in [1.29, 1.82) is 0 Å². The van der Waals surface area contributed by atoms with Crippen LogP contribution in [0.1, 0.15) is 11.1 Å². The summed E-state index contributed by atoms with van der Waals surface area (Å²) in [5.41, 5.74) is 11.6. The zero-order valence-electron chi connectivity index (χ0n) is 8.90. The molecule has 0 bridgehead atoms. The number of nitrogens with two attached hydrogens (primary N) is 1. The van der Waals surface area contributed by atoms with Crippen molar-refractivity contribution in [1.82, 2.24) is 0 Å². The highest BCUT2D eigenvalue weighted by molar-refractivity contribution is 5.75. The second-order valence-electron chi connectivity index (χ2n) is 4.26. The van der Waals surface area contributed by atoms with Crippen LogP contribution in [0.15, 0.2) is 36.4 Å². The van der Waals surface area contributed by atoms with Crippen LogP contribution < -0.4 is 5.73 Å². The molecule has 2 aromatic carbocycles. The molecule has 0 radical (unpaired) electrons. The van der Waals surface area contributed by atoms with Crippen molar-refractivity contribution >= 4 is 5.69 Å². The van der Waals surface area contributed by atoms with Crippen molar-refractivity contribution in [3.8, 4) is 16.9 Å². The molecular weight excluding hydrogens is 198 g/mol. The van der Waals surface area contributed by atoms with Crippen LogP contribution in [-0.2, 0) is 12.8 Å². The maximum Gasteiger partial charge on any atom is 0.115 e. The van der Waals surface area contributed by atoms with Crippen LogP contribution in [0.2, 0.25) is 0 Å². The number of fused-ring (bicyclic) bond motifs is 3. The van der Waals surface area contributed by atoms with Gasteiger partial charge in [-0.15, -0.1) is 0 Å². The monoisotopic (exact) mass is 211 g/mol. The minimum Gasteiger partial charge on any atom is -0.508 e. The summed E-state index contributed by atoms with van der Waals surface area (Å²) in [6, 6.07) is 11.6. The van der Waals surface area contributed by atoms with Gasteiger partial charge in [0.05, 0.1) is 0 Å². The van der Waals surface area contributed by atoms with Gasteiger partial charge in [-0.1, -0.05) is 12.1 Å². The third-order valence-electron chi connectivity index (χ3n) is 3.17. The van der Waals surface area contributed by atoms with E-state index in [-0.39, 0.29) is 0 Å². The Morgan fingerprint density at radius 1 is 0.875 bits per heavy atom. The second kappa shape index (κ2) is 3.27. The number of hydrogen-bond donors (Lipinski definition) is 2. The first-order valence-corrected chi connectivity index (χ1v) is 5.45. The summed E-state index contributed by atoms with van der Waals surface area (Å²) in [7, 11) is 0. The molecule has 0 aliphatic heterocycles. The molecular formula is C14H13NO. The van der Waals surface area contributed by atoms with E-state index in [4.69, 9.17) is 5.73 Å². The number of aromatic hydroxyl groups is 1. The zero-order valence-corrected chi connectivity index (χ0v) is 8.90. The number of phenols is 1. The first-order valence-electron chi connectivity index (χ1n) is 5.45. The largest absolute Gasteiger partial charge is 0.508 e. The van der Waals surface area contributed by atoms with E-state index in [1.54, 1.807) is 6.07 Å². The van der Waals surface area contributed by atoms with Crippen molar-refractivity contribution in [3.63, 3.8) is 0 Å². The number of nitrogen functional groups attached to an aromatic ring is 1. The third kappa shape index (κ3) is 1.34. The lowest BCUT2D eigenvalue weighted by atomic mass is 9.85. The van der Waals surface area contributed by atoms with Crippen LogP contribution in [0, 0.1) is 0 Å². The molecule has 0 unspecified atom stereocenters. The zero-order chi connectivity index (χ0) is 11.1. The molecule has 1 aliphatic rings. The highest BCUT2D eigenvalue weighted by Gasteiger charge is 2.16. The SMILES string of the molecule is Nc1ccc2c(c1)CCc1cc(O)ccc1-2. The number of phenolic OH excluding ortho intramolecular Hbond substituents is 1. The first-order chi connectivity index (χ1) is 7.74. The molecule has 2 nitrogen and oxygen atoms in total. The fourth-order valence-electron chi connectivity index (χ4n) is 2.40. The van der Waals surface area contributed by atoms with Crippen LogP contribution in [0.25, 0.3) is 11.1 Å². The minimum absolute atomic E-state index is 0.345. The molecule has 2 aromatic rings. The van der Waals surface area contributed by atoms with Crippen molar-refractivity contribution in [2.24, 2.45) is 0 Å². The lowest BCUT2D eigenvalue weighted by Crippen LogP contribution is -2.04. The van der Waals surface area contributed by atoms with E-state index >= 15 is 0 Å². The van der Waals surface area contributed by atoms with Crippen LogP contribution >= 0.6 is 0 Å². The average Bonchev–Trinajstić information content (AvgIpc) is 2.28. The molecule has 0 atom stereocenters. The highest BCUT2D eigenvalue weighted by atomic mass is 16.3. The fraction of sp³-hybridized carbons (Fsp3) is 0.143. The molecule has 3 N–H and O–H groups in total. The normalized spacial score (nSPS) is 13.0. The lowest BCUT2D eigenvalue weighted by Gasteiger charge is -2.20. The molecule has 3 rings (SSSR count). The second-order valence-corrected chi connectivity index (χ2v) is 4.26. The quantitative estimate of drug-likeness (QED) is 0.658. The molecule has 0 saturated carbocycles. The Labute approximate surface area is 94.3 Å². The molecule has 16 heavy (non-hydrogen) atoms. The molecule has 0 amide bonds. The van der Waals surface area contributed by atoms with Gasteiger partial charge in [-0.05, 0) is 59.4 Å². The van der Waals surface area contributed by atoms with Crippen molar-refractivity contribution in [3.05, 3.63) is 47.5 Å². The molecule has 2 heteroatoms. The Morgan fingerprint density at radius 3 is 2.25 bits per heavy atom. The van der Waals surface area contributed by atoms with Crippen LogP contribution in [0.3, 0.4) is 0 Å². The number of anilines is 1. The van der Waals surface area contributed by atoms with E-state index in [9.17, 15) is 5.11 Å². The standard InChI is InChI=1S/C14H13NO/c15-11-3-5-13-9(7-11)1-2-10-8-12(16)4-6-14(10)13/h3-8,16H,1-2,15H2. The van der Waals surface area contributed by atoms with Gasteiger partial charge in [-0.25, -0.2) is 0 Å². The lowest BCUT2D eigenvalue weighted by molar-refractivity contribution is 0.474. The van der Waals surface area contributed by atoms with Gasteiger partial charge >= 0.3 is 0 Å². The number of aryl methyl sites for hydroxylation is 2. The van der Waals surface area contributed by atoms with E-state index in [1.807, 2.05) is 24.3 Å². The first kappa shape index (κ1) is 9.28. The summed E-state index contributed by atoms with van der Waals surface area (Å²) >= 11 is 0.